The van der Waals surface area contributed by atoms with Gasteiger partial charge in [0.05, 0.1) is 17.2 Å². The largest absolute Gasteiger partial charge is 0.475 e. The summed E-state index contributed by atoms with van der Waals surface area (Å²) in [6.07, 6.45) is -0.864. The molecule has 2 aromatic carbocycles. The van der Waals surface area contributed by atoms with Crippen LogP contribution in [0.1, 0.15) is 42.2 Å². The molecule has 5 heteroatoms. The number of benzene rings is 2. The van der Waals surface area contributed by atoms with Gasteiger partial charge in [0, 0.05) is 10.0 Å². The molecule has 1 atom stereocenters. The van der Waals surface area contributed by atoms with Crippen molar-refractivity contribution in [2.45, 2.75) is 25.5 Å². The molecule has 2 aromatic rings. The van der Waals surface area contributed by atoms with Gasteiger partial charge in [-0.3, -0.25) is 0 Å². The lowest BCUT2D eigenvalue weighted by Crippen LogP contribution is -2.17. The molecule has 1 aliphatic rings. The van der Waals surface area contributed by atoms with Crippen LogP contribution in [0, 0.1) is 11.3 Å². The van der Waals surface area contributed by atoms with Crippen molar-refractivity contribution in [2.75, 3.05) is 6.61 Å². The standard InChI is InChI=1S/C19H17BrN2O2/c1-19(2)11-24-18(22-19)15-8-3-12(10-21)9-16(15)17(23)13-4-6-14(20)7-5-13/h3-9,17,23H,11H2,1-2H3. The number of aliphatic hydroxyl groups is 1. The average Bonchev–Trinajstić information content (AvgIpc) is 2.94. The third-order valence-corrected chi connectivity index (χ3v) is 4.39. The summed E-state index contributed by atoms with van der Waals surface area (Å²) in [6, 6.07) is 14.8. The Bertz CT molecular complexity index is 835. The number of nitrogens with zero attached hydrogens (tertiary/aromatic N) is 2. The van der Waals surface area contributed by atoms with Gasteiger partial charge >= 0.3 is 0 Å². The van der Waals surface area contributed by atoms with E-state index in [1.54, 1.807) is 18.2 Å². The van der Waals surface area contributed by atoms with Crippen molar-refractivity contribution in [3.05, 3.63) is 69.2 Å². The van der Waals surface area contributed by atoms with Crippen LogP contribution in [0.15, 0.2) is 51.9 Å². The maximum atomic E-state index is 10.8. The molecule has 0 radical (unpaired) electrons. The quantitative estimate of drug-likeness (QED) is 0.870. The first kappa shape index (κ1) is 16.7. The number of ether oxygens (including phenoxy) is 1. The van der Waals surface area contributed by atoms with Gasteiger partial charge in [0.15, 0.2) is 0 Å². The van der Waals surface area contributed by atoms with E-state index in [1.165, 1.54) is 0 Å². The number of rotatable bonds is 3. The average molecular weight is 385 g/mol. The van der Waals surface area contributed by atoms with Crippen molar-refractivity contribution in [2.24, 2.45) is 4.99 Å². The highest BCUT2D eigenvalue weighted by Gasteiger charge is 2.29. The van der Waals surface area contributed by atoms with E-state index in [0.717, 1.165) is 15.6 Å². The molecule has 0 saturated heterocycles. The Balaban J connectivity index is 2.08. The maximum absolute atomic E-state index is 10.8. The molecule has 0 aromatic heterocycles. The molecule has 0 fully saturated rings. The van der Waals surface area contributed by atoms with E-state index < -0.39 is 6.10 Å². The molecule has 24 heavy (non-hydrogen) atoms. The molecule has 122 valence electrons. The van der Waals surface area contributed by atoms with Crippen molar-refractivity contribution in [1.82, 2.24) is 0 Å². The SMILES string of the molecule is CC1(C)COC(c2ccc(C#N)cc2C(O)c2ccc(Br)cc2)=N1. The third kappa shape index (κ3) is 3.35. The lowest BCUT2D eigenvalue weighted by molar-refractivity contribution is 0.219. The van der Waals surface area contributed by atoms with Crippen LogP contribution >= 0.6 is 15.9 Å². The van der Waals surface area contributed by atoms with E-state index in [1.807, 2.05) is 38.1 Å². The van der Waals surface area contributed by atoms with Gasteiger partial charge in [-0.2, -0.15) is 5.26 Å². The van der Waals surface area contributed by atoms with Gasteiger partial charge < -0.3 is 9.84 Å². The van der Waals surface area contributed by atoms with E-state index >= 15 is 0 Å². The fourth-order valence-electron chi connectivity index (χ4n) is 2.60. The molecule has 0 aliphatic carbocycles. The predicted molar refractivity (Wildman–Crippen MR) is 95.9 cm³/mol. The van der Waals surface area contributed by atoms with Crippen LogP contribution in [0.5, 0.6) is 0 Å². The summed E-state index contributed by atoms with van der Waals surface area (Å²) in [6.45, 7) is 4.49. The lowest BCUT2D eigenvalue weighted by Gasteiger charge is -2.16. The normalized spacial score (nSPS) is 16.9. The molecular formula is C19H17BrN2O2. The first-order valence-electron chi connectivity index (χ1n) is 7.60. The minimum absolute atomic E-state index is 0.289. The highest BCUT2D eigenvalue weighted by molar-refractivity contribution is 9.10. The third-order valence-electron chi connectivity index (χ3n) is 3.86. The molecule has 1 unspecified atom stereocenters. The second kappa shape index (κ2) is 6.39. The summed E-state index contributed by atoms with van der Waals surface area (Å²) >= 11 is 3.39. The Morgan fingerprint density at radius 3 is 2.54 bits per heavy atom. The second-order valence-electron chi connectivity index (χ2n) is 6.39. The summed E-state index contributed by atoms with van der Waals surface area (Å²) < 4.78 is 6.66. The van der Waals surface area contributed by atoms with Gasteiger partial charge in [0.2, 0.25) is 5.90 Å². The molecule has 0 amide bonds. The molecule has 4 nitrogen and oxygen atoms in total. The number of hydrogen-bond acceptors (Lipinski definition) is 4. The van der Waals surface area contributed by atoms with Crippen LogP contribution in [0.4, 0.5) is 0 Å². The number of hydrogen-bond donors (Lipinski definition) is 1. The molecule has 0 spiro atoms. The van der Waals surface area contributed by atoms with Crippen LogP contribution in [0.25, 0.3) is 0 Å². The topological polar surface area (TPSA) is 65.6 Å². The zero-order chi connectivity index (χ0) is 17.3. The van der Waals surface area contributed by atoms with Crippen LogP contribution in [-0.4, -0.2) is 23.2 Å². The number of nitriles is 1. The smallest absolute Gasteiger partial charge is 0.217 e. The molecule has 1 N–H and O–H groups in total. The van der Waals surface area contributed by atoms with Crippen LogP contribution < -0.4 is 0 Å². The lowest BCUT2D eigenvalue weighted by atomic mass is 9.95. The zero-order valence-corrected chi connectivity index (χ0v) is 15.0. The molecule has 3 rings (SSSR count). The predicted octanol–water partition coefficient (Wildman–Crippen LogP) is 3.96. The molecule has 1 heterocycles. The van der Waals surface area contributed by atoms with Gasteiger partial charge in [-0.1, -0.05) is 28.1 Å². The van der Waals surface area contributed by atoms with Crippen molar-refractivity contribution in [1.29, 1.82) is 5.26 Å². The number of halogens is 1. The fourth-order valence-corrected chi connectivity index (χ4v) is 2.86. The first-order chi connectivity index (χ1) is 11.4. The second-order valence-corrected chi connectivity index (χ2v) is 7.30. The van der Waals surface area contributed by atoms with Gasteiger partial charge in [-0.25, -0.2) is 4.99 Å². The number of aliphatic hydroxyl groups excluding tert-OH is 1. The van der Waals surface area contributed by atoms with E-state index in [2.05, 4.69) is 27.0 Å². The number of aliphatic imine (C=N–C) groups is 1. The molecule has 1 aliphatic heterocycles. The summed E-state index contributed by atoms with van der Waals surface area (Å²) in [5.74, 6) is 0.510. The van der Waals surface area contributed by atoms with Gasteiger partial charge in [-0.05, 0) is 55.3 Å². The summed E-state index contributed by atoms with van der Waals surface area (Å²) in [5.41, 5.74) is 2.28. The van der Waals surface area contributed by atoms with Crippen molar-refractivity contribution >= 4 is 21.8 Å². The van der Waals surface area contributed by atoms with Gasteiger partial charge in [-0.15, -0.1) is 0 Å². The van der Waals surface area contributed by atoms with E-state index in [-0.39, 0.29) is 5.54 Å². The van der Waals surface area contributed by atoms with E-state index in [0.29, 0.717) is 23.6 Å². The zero-order valence-electron chi connectivity index (χ0n) is 13.5. The Labute approximate surface area is 149 Å². The van der Waals surface area contributed by atoms with Crippen LogP contribution in [0.2, 0.25) is 0 Å². The highest BCUT2D eigenvalue weighted by Crippen LogP contribution is 2.30. The molecule has 0 bridgehead atoms. The minimum atomic E-state index is -0.864. The Morgan fingerprint density at radius 2 is 1.96 bits per heavy atom. The van der Waals surface area contributed by atoms with Crippen LogP contribution in [0.3, 0.4) is 0 Å². The van der Waals surface area contributed by atoms with E-state index in [9.17, 15) is 10.4 Å². The first-order valence-corrected chi connectivity index (χ1v) is 8.39. The van der Waals surface area contributed by atoms with Crippen LogP contribution in [-0.2, 0) is 4.74 Å². The highest BCUT2D eigenvalue weighted by atomic mass is 79.9. The minimum Gasteiger partial charge on any atom is -0.475 e. The summed E-state index contributed by atoms with van der Waals surface area (Å²) in [5, 5.41) is 20.0. The van der Waals surface area contributed by atoms with Gasteiger partial charge in [0.25, 0.3) is 0 Å². The van der Waals surface area contributed by atoms with Crippen molar-refractivity contribution < 1.29 is 9.84 Å². The Kier molecular flexibility index (Phi) is 4.44. The Morgan fingerprint density at radius 1 is 1.25 bits per heavy atom. The van der Waals surface area contributed by atoms with E-state index in [4.69, 9.17) is 4.74 Å². The van der Waals surface area contributed by atoms with Crippen molar-refractivity contribution in [3.8, 4) is 6.07 Å². The summed E-state index contributed by atoms with van der Waals surface area (Å²) in [4.78, 5) is 4.59. The molecule has 0 saturated carbocycles. The summed E-state index contributed by atoms with van der Waals surface area (Å²) in [7, 11) is 0. The molecular weight excluding hydrogens is 368 g/mol. The Hall–Kier alpha value is -2.16. The van der Waals surface area contributed by atoms with Crippen molar-refractivity contribution in [3.63, 3.8) is 0 Å². The van der Waals surface area contributed by atoms with Gasteiger partial charge in [0.1, 0.15) is 12.7 Å². The fraction of sp³-hybridized carbons (Fsp3) is 0.263. The monoisotopic (exact) mass is 384 g/mol. The maximum Gasteiger partial charge on any atom is 0.217 e.